The molecule has 0 aliphatic heterocycles. The topological polar surface area (TPSA) is 54.9 Å². The average Bonchev–Trinajstić information content (AvgIpc) is 2.62. The molecule has 0 saturated carbocycles. The molecule has 0 aliphatic rings. The van der Waals surface area contributed by atoms with Crippen LogP contribution in [0, 0.1) is 12.7 Å². The molecule has 0 bridgehead atoms. The fourth-order valence-electron chi connectivity index (χ4n) is 2.54. The van der Waals surface area contributed by atoms with Crippen molar-refractivity contribution in [2.24, 2.45) is 0 Å². The second-order valence-electron chi connectivity index (χ2n) is 5.95. The summed E-state index contributed by atoms with van der Waals surface area (Å²) in [7, 11) is 0. The number of carbonyl (C=O) groups is 1. The number of amides is 1. The minimum Gasteiger partial charge on any atom is -0.345 e. The lowest BCUT2D eigenvalue weighted by atomic mass is 10.1. The Labute approximate surface area is 156 Å². The number of carbonyl (C=O) groups excluding carboxylic acids is 1. The van der Waals surface area contributed by atoms with Crippen LogP contribution in [0.15, 0.2) is 54.7 Å². The molecule has 1 N–H and O–H groups in total. The Bertz CT molecular complexity index is 927. The van der Waals surface area contributed by atoms with Gasteiger partial charge in [-0.2, -0.15) is 0 Å². The van der Waals surface area contributed by atoms with E-state index in [0.717, 1.165) is 5.56 Å². The predicted molar refractivity (Wildman–Crippen MR) is 99.5 cm³/mol. The highest BCUT2D eigenvalue weighted by Crippen LogP contribution is 2.19. The summed E-state index contributed by atoms with van der Waals surface area (Å²) >= 11 is 5.89. The SMILES string of the molecule is Cc1nc(-c2ccc(F)cc2)ncc1C(=O)N[C@H](C)c1ccc(Cl)cc1. The van der Waals surface area contributed by atoms with Gasteiger partial charge in [-0.15, -0.1) is 0 Å². The average molecular weight is 370 g/mol. The van der Waals surface area contributed by atoms with E-state index in [2.05, 4.69) is 15.3 Å². The third-order valence-corrected chi connectivity index (χ3v) is 4.30. The lowest BCUT2D eigenvalue weighted by Crippen LogP contribution is -2.27. The fraction of sp³-hybridized carbons (Fsp3) is 0.150. The molecule has 2 aromatic carbocycles. The Morgan fingerprint density at radius 2 is 1.77 bits per heavy atom. The van der Waals surface area contributed by atoms with Gasteiger partial charge in [0.1, 0.15) is 5.82 Å². The van der Waals surface area contributed by atoms with Crippen molar-refractivity contribution >= 4 is 17.5 Å². The summed E-state index contributed by atoms with van der Waals surface area (Å²) in [5, 5.41) is 3.57. The second-order valence-corrected chi connectivity index (χ2v) is 6.38. The molecule has 4 nitrogen and oxygen atoms in total. The van der Waals surface area contributed by atoms with E-state index in [1.807, 2.05) is 19.1 Å². The lowest BCUT2D eigenvalue weighted by molar-refractivity contribution is 0.0938. The maximum Gasteiger partial charge on any atom is 0.255 e. The molecule has 0 radical (unpaired) electrons. The van der Waals surface area contributed by atoms with E-state index < -0.39 is 0 Å². The molecule has 1 amide bonds. The Balaban J connectivity index is 1.77. The molecular weight excluding hydrogens is 353 g/mol. The van der Waals surface area contributed by atoms with Gasteiger partial charge in [0.05, 0.1) is 17.3 Å². The zero-order chi connectivity index (χ0) is 18.7. The number of nitrogens with zero attached hydrogens (tertiary/aromatic N) is 2. The van der Waals surface area contributed by atoms with Gasteiger partial charge in [-0.1, -0.05) is 23.7 Å². The van der Waals surface area contributed by atoms with Crippen molar-refractivity contribution < 1.29 is 9.18 Å². The summed E-state index contributed by atoms with van der Waals surface area (Å²) in [5.41, 5.74) is 2.59. The van der Waals surface area contributed by atoms with Crippen molar-refractivity contribution in [3.8, 4) is 11.4 Å². The van der Waals surface area contributed by atoms with Gasteiger partial charge in [0.25, 0.3) is 5.91 Å². The minimum atomic E-state index is -0.322. The maximum absolute atomic E-state index is 13.0. The number of aryl methyl sites for hydroxylation is 1. The molecule has 0 saturated heterocycles. The fourth-order valence-corrected chi connectivity index (χ4v) is 2.66. The molecule has 3 aromatic rings. The van der Waals surface area contributed by atoms with Gasteiger partial charge in [0.2, 0.25) is 0 Å². The quantitative estimate of drug-likeness (QED) is 0.723. The van der Waals surface area contributed by atoms with E-state index in [-0.39, 0.29) is 17.8 Å². The summed E-state index contributed by atoms with van der Waals surface area (Å²) in [6, 6.07) is 13.0. The maximum atomic E-state index is 13.0. The summed E-state index contributed by atoms with van der Waals surface area (Å²) in [6.45, 7) is 3.64. The number of halogens is 2. The van der Waals surface area contributed by atoms with E-state index in [4.69, 9.17) is 11.6 Å². The Morgan fingerprint density at radius 1 is 1.12 bits per heavy atom. The zero-order valence-corrected chi connectivity index (χ0v) is 15.1. The molecule has 0 spiro atoms. The van der Waals surface area contributed by atoms with Crippen LogP contribution < -0.4 is 5.32 Å². The summed E-state index contributed by atoms with van der Waals surface area (Å²) in [4.78, 5) is 21.2. The molecule has 1 heterocycles. The molecule has 1 aromatic heterocycles. The van der Waals surface area contributed by atoms with Gasteiger partial charge in [-0.05, 0) is 55.8 Å². The molecule has 0 aliphatic carbocycles. The van der Waals surface area contributed by atoms with Crippen LogP contribution in [0.2, 0.25) is 5.02 Å². The van der Waals surface area contributed by atoms with Crippen LogP contribution in [0.5, 0.6) is 0 Å². The molecule has 6 heteroatoms. The molecule has 1 atom stereocenters. The number of hydrogen-bond acceptors (Lipinski definition) is 3. The van der Waals surface area contributed by atoms with Crippen LogP contribution in [0.4, 0.5) is 4.39 Å². The van der Waals surface area contributed by atoms with Crippen molar-refractivity contribution in [1.29, 1.82) is 0 Å². The number of nitrogens with one attached hydrogen (secondary N) is 1. The van der Waals surface area contributed by atoms with Gasteiger partial charge < -0.3 is 5.32 Å². The van der Waals surface area contributed by atoms with Crippen LogP contribution >= 0.6 is 11.6 Å². The first-order valence-electron chi connectivity index (χ1n) is 8.10. The molecule has 132 valence electrons. The van der Waals surface area contributed by atoms with Gasteiger partial charge in [-0.3, -0.25) is 4.79 Å². The number of benzene rings is 2. The summed E-state index contributed by atoms with van der Waals surface area (Å²) < 4.78 is 13.0. The van der Waals surface area contributed by atoms with Gasteiger partial charge >= 0.3 is 0 Å². The molecule has 0 fully saturated rings. The van der Waals surface area contributed by atoms with Crippen LogP contribution in [0.25, 0.3) is 11.4 Å². The van der Waals surface area contributed by atoms with Crippen molar-refractivity contribution in [3.63, 3.8) is 0 Å². The minimum absolute atomic E-state index is 0.184. The molecule has 0 unspecified atom stereocenters. The standard InChI is InChI=1S/C20H17ClFN3O/c1-12(14-3-7-16(21)8-4-14)25-20(26)18-11-23-19(24-13(18)2)15-5-9-17(22)10-6-15/h3-12H,1-2H3,(H,25,26)/t12-/m1/s1. The van der Waals surface area contributed by atoms with Gasteiger partial charge in [-0.25, -0.2) is 14.4 Å². The third-order valence-electron chi connectivity index (χ3n) is 4.04. The highest BCUT2D eigenvalue weighted by Gasteiger charge is 2.16. The number of hydrogen-bond donors (Lipinski definition) is 1. The first-order valence-corrected chi connectivity index (χ1v) is 8.48. The first-order chi connectivity index (χ1) is 12.4. The smallest absolute Gasteiger partial charge is 0.255 e. The second kappa shape index (κ2) is 7.62. The summed E-state index contributed by atoms with van der Waals surface area (Å²) in [5.74, 6) is -0.127. The van der Waals surface area contributed by atoms with Crippen LogP contribution in [-0.2, 0) is 0 Å². The largest absolute Gasteiger partial charge is 0.345 e. The van der Waals surface area contributed by atoms with E-state index in [1.165, 1.54) is 18.3 Å². The molecule has 3 rings (SSSR count). The highest BCUT2D eigenvalue weighted by molar-refractivity contribution is 6.30. The lowest BCUT2D eigenvalue weighted by Gasteiger charge is -2.15. The number of aromatic nitrogens is 2. The molecule has 26 heavy (non-hydrogen) atoms. The van der Waals surface area contributed by atoms with Gasteiger partial charge in [0, 0.05) is 16.8 Å². The predicted octanol–water partition coefficient (Wildman–Crippen LogP) is 4.74. The van der Waals surface area contributed by atoms with Crippen LogP contribution in [0.1, 0.15) is 34.6 Å². The van der Waals surface area contributed by atoms with Gasteiger partial charge in [0.15, 0.2) is 5.82 Å². The van der Waals surface area contributed by atoms with E-state index in [9.17, 15) is 9.18 Å². The Kier molecular flexibility index (Phi) is 5.28. The number of rotatable bonds is 4. The van der Waals surface area contributed by atoms with E-state index in [1.54, 1.807) is 31.2 Å². The first kappa shape index (κ1) is 18.0. The van der Waals surface area contributed by atoms with Crippen LogP contribution in [0.3, 0.4) is 0 Å². The van der Waals surface area contributed by atoms with Crippen molar-refractivity contribution in [3.05, 3.63) is 82.4 Å². The van der Waals surface area contributed by atoms with E-state index >= 15 is 0 Å². The highest BCUT2D eigenvalue weighted by atomic mass is 35.5. The van der Waals surface area contributed by atoms with Crippen molar-refractivity contribution in [1.82, 2.24) is 15.3 Å². The van der Waals surface area contributed by atoms with E-state index in [0.29, 0.717) is 27.7 Å². The molecular formula is C20H17ClFN3O. The Hall–Kier alpha value is -2.79. The zero-order valence-electron chi connectivity index (χ0n) is 14.3. The van der Waals surface area contributed by atoms with Crippen molar-refractivity contribution in [2.75, 3.05) is 0 Å². The monoisotopic (exact) mass is 369 g/mol. The normalized spacial score (nSPS) is 11.8. The summed E-state index contributed by atoms with van der Waals surface area (Å²) in [6.07, 6.45) is 1.49. The Morgan fingerprint density at radius 3 is 2.38 bits per heavy atom. The van der Waals surface area contributed by atoms with Crippen LogP contribution in [-0.4, -0.2) is 15.9 Å². The van der Waals surface area contributed by atoms with Crippen molar-refractivity contribution in [2.45, 2.75) is 19.9 Å². The third kappa shape index (κ3) is 4.06.